The van der Waals surface area contributed by atoms with Crippen LogP contribution in [0.5, 0.6) is 0 Å². The predicted octanol–water partition coefficient (Wildman–Crippen LogP) is 3.48. The standard InChI is InChI=1S/C18H16N6/c1-12-5-6-19-18(7-12)23-17-4-3-15-16(22-17)8-13(9-20-15)14-10-21-24(2)11-14/h3-11H,1-2H3,(H,19,22,23). The number of aryl methyl sites for hydroxylation is 2. The van der Waals surface area contributed by atoms with E-state index in [-0.39, 0.29) is 0 Å². The third-order valence-electron chi connectivity index (χ3n) is 3.75. The quantitative estimate of drug-likeness (QED) is 0.627. The monoisotopic (exact) mass is 316 g/mol. The topological polar surface area (TPSA) is 68.5 Å². The first-order valence-electron chi connectivity index (χ1n) is 7.63. The molecule has 1 N–H and O–H groups in total. The van der Waals surface area contributed by atoms with Crippen LogP contribution < -0.4 is 5.32 Å². The molecule has 0 aliphatic heterocycles. The maximum Gasteiger partial charge on any atom is 0.132 e. The summed E-state index contributed by atoms with van der Waals surface area (Å²) in [6.07, 6.45) is 7.40. The molecule has 0 saturated carbocycles. The number of nitrogens with one attached hydrogen (secondary N) is 1. The van der Waals surface area contributed by atoms with E-state index >= 15 is 0 Å². The minimum atomic E-state index is 0.741. The minimum absolute atomic E-state index is 0.741. The summed E-state index contributed by atoms with van der Waals surface area (Å²) in [6, 6.07) is 9.82. The SMILES string of the molecule is Cc1ccnc(Nc2ccc3ncc(-c4cnn(C)c4)cc3n2)c1. The summed E-state index contributed by atoms with van der Waals surface area (Å²) in [5.41, 5.74) is 4.84. The van der Waals surface area contributed by atoms with Gasteiger partial charge in [0.2, 0.25) is 0 Å². The lowest BCUT2D eigenvalue weighted by Crippen LogP contribution is -1.97. The maximum absolute atomic E-state index is 4.65. The van der Waals surface area contributed by atoms with E-state index in [0.29, 0.717) is 0 Å². The summed E-state index contributed by atoms with van der Waals surface area (Å²) < 4.78 is 1.77. The van der Waals surface area contributed by atoms with Gasteiger partial charge in [0.25, 0.3) is 0 Å². The van der Waals surface area contributed by atoms with E-state index in [0.717, 1.165) is 39.4 Å². The fraction of sp³-hybridized carbons (Fsp3) is 0.111. The Balaban J connectivity index is 1.71. The van der Waals surface area contributed by atoms with Gasteiger partial charge in [-0.2, -0.15) is 5.10 Å². The molecule has 4 aromatic rings. The Morgan fingerprint density at radius 3 is 2.62 bits per heavy atom. The van der Waals surface area contributed by atoms with Gasteiger partial charge in [0.15, 0.2) is 0 Å². The zero-order valence-electron chi connectivity index (χ0n) is 13.4. The number of rotatable bonds is 3. The first-order valence-corrected chi connectivity index (χ1v) is 7.63. The van der Waals surface area contributed by atoms with Gasteiger partial charge in [0.1, 0.15) is 11.6 Å². The maximum atomic E-state index is 4.65. The van der Waals surface area contributed by atoms with Gasteiger partial charge < -0.3 is 5.32 Å². The zero-order chi connectivity index (χ0) is 16.5. The largest absolute Gasteiger partial charge is 0.325 e. The molecule has 0 spiro atoms. The van der Waals surface area contributed by atoms with Crippen LogP contribution in [-0.4, -0.2) is 24.7 Å². The van der Waals surface area contributed by atoms with E-state index in [1.165, 1.54) is 0 Å². The van der Waals surface area contributed by atoms with Crippen LogP contribution in [0.2, 0.25) is 0 Å². The molecule has 0 atom stereocenters. The number of anilines is 2. The Bertz CT molecular complexity index is 1020. The molecule has 0 fully saturated rings. The molecule has 4 heterocycles. The van der Waals surface area contributed by atoms with E-state index in [9.17, 15) is 0 Å². The van der Waals surface area contributed by atoms with Gasteiger partial charge >= 0.3 is 0 Å². The van der Waals surface area contributed by atoms with Crippen LogP contribution in [0, 0.1) is 6.92 Å². The number of nitrogens with zero attached hydrogens (tertiary/aromatic N) is 5. The van der Waals surface area contributed by atoms with Crippen LogP contribution in [0.15, 0.2) is 55.1 Å². The Morgan fingerprint density at radius 2 is 1.83 bits per heavy atom. The summed E-state index contributed by atoms with van der Waals surface area (Å²) in [5, 5.41) is 7.44. The van der Waals surface area contributed by atoms with Crippen LogP contribution in [0.25, 0.3) is 22.2 Å². The second-order valence-electron chi connectivity index (χ2n) is 5.70. The number of aromatic nitrogens is 5. The molecule has 4 aromatic heterocycles. The van der Waals surface area contributed by atoms with Crippen molar-refractivity contribution in [2.75, 3.05) is 5.32 Å². The lowest BCUT2D eigenvalue weighted by Gasteiger charge is -2.07. The summed E-state index contributed by atoms with van der Waals surface area (Å²) >= 11 is 0. The van der Waals surface area contributed by atoms with E-state index in [1.54, 1.807) is 10.9 Å². The Hall–Kier alpha value is -3.28. The van der Waals surface area contributed by atoms with Gasteiger partial charge in [-0.25, -0.2) is 9.97 Å². The summed E-state index contributed by atoms with van der Waals surface area (Å²) in [6.45, 7) is 2.03. The highest BCUT2D eigenvalue weighted by molar-refractivity contribution is 5.81. The van der Waals surface area contributed by atoms with Crippen LogP contribution >= 0.6 is 0 Å². The van der Waals surface area contributed by atoms with Crippen LogP contribution in [-0.2, 0) is 7.05 Å². The predicted molar refractivity (Wildman–Crippen MR) is 94.0 cm³/mol. The number of pyridine rings is 3. The Labute approximate surface area is 139 Å². The van der Waals surface area contributed by atoms with Crippen LogP contribution in [0.4, 0.5) is 11.6 Å². The van der Waals surface area contributed by atoms with Gasteiger partial charge in [-0.05, 0) is 42.8 Å². The molecular formula is C18H16N6. The van der Waals surface area contributed by atoms with E-state index in [2.05, 4.69) is 25.4 Å². The molecule has 0 saturated heterocycles. The van der Waals surface area contributed by atoms with Crippen molar-refractivity contribution < 1.29 is 0 Å². The van der Waals surface area contributed by atoms with Crippen molar-refractivity contribution in [2.24, 2.45) is 7.05 Å². The molecule has 118 valence electrons. The van der Waals surface area contributed by atoms with E-state index < -0.39 is 0 Å². The Kier molecular flexibility index (Phi) is 3.42. The molecule has 6 nitrogen and oxygen atoms in total. The van der Waals surface area contributed by atoms with Crippen molar-refractivity contribution >= 4 is 22.7 Å². The minimum Gasteiger partial charge on any atom is -0.325 e. The molecule has 0 radical (unpaired) electrons. The average molecular weight is 316 g/mol. The summed E-state index contributed by atoms with van der Waals surface area (Å²) in [7, 11) is 1.90. The summed E-state index contributed by atoms with van der Waals surface area (Å²) in [5.74, 6) is 1.52. The van der Waals surface area contributed by atoms with Gasteiger partial charge in [-0.1, -0.05) is 0 Å². The van der Waals surface area contributed by atoms with Crippen molar-refractivity contribution in [3.05, 3.63) is 60.7 Å². The third kappa shape index (κ3) is 2.81. The second-order valence-corrected chi connectivity index (χ2v) is 5.70. The van der Waals surface area contributed by atoms with E-state index in [1.807, 2.05) is 62.9 Å². The summed E-state index contributed by atoms with van der Waals surface area (Å²) in [4.78, 5) is 13.4. The van der Waals surface area contributed by atoms with Crippen molar-refractivity contribution in [2.45, 2.75) is 6.92 Å². The fourth-order valence-electron chi connectivity index (χ4n) is 2.54. The molecule has 0 bridgehead atoms. The zero-order valence-corrected chi connectivity index (χ0v) is 13.4. The molecule has 0 aliphatic carbocycles. The van der Waals surface area contributed by atoms with Crippen molar-refractivity contribution in [3.8, 4) is 11.1 Å². The molecule has 24 heavy (non-hydrogen) atoms. The van der Waals surface area contributed by atoms with Crippen molar-refractivity contribution in [1.82, 2.24) is 24.7 Å². The van der Waals surface area contributed by atoms with E-state index in [4.69, 9.17) is 0 Å². The molecule has 0 unspecified atom stereocenters. The van der Waals surface area contributed by atoms with Crippen molar-refractivity contribution in [1.29, 1.82) is 0 Å². The first kappa shape index (κ1) is 14.3. The van der Waals surface area contributed by atoms with Crippen LogP contribution in [0.3, 0.4) is 0 Å². The van der Waals surface area contributed by atoms with Gasteiger partial charge in [-0.3, -0.25) is 9.67 Å². The highest BCUT2D eigenvalue weighted by atomic mass is 15.2. The van der Waals surface area contributed by atoms with Gasteiger partial charge in [0, 0.05) is 36.8 Å². The highest BCUT2D eigenvalue weighted by Crippen LogP contribution is 2.23. The number of hydrogen-bond acceptors (Lipinski definition) is 5. The molecule has 0 aliphatic rings. The fourth-order valence-corrected chi connectivity index (χ4v) is 2.54. The van der Waals surface area contributed by atoms with Crippen LogP contribution in [0.1, 0.15) is 5.56 Å². The lowest BCUT2D eigenvalue weighted by atomic mass is 10.1. The molecular weight excluding hydrogens is 300 g/mol. The first-order chi connectivity index (χ1) is 11.7. The molecule has 4 rings (SSSR count). The van der Waals surface area contributed by atoms with Gasteiger partial charge in [-0.15, -0.1) is 0 Å². The molecule has 0 amide bonds. The molecule has 0 aromatic carbocycles. The second kappa shape index (κ2) is 5.73. The Morgan fingerprint density at radius 1 is 0.917 bits per heavy atom. The third-order valence-corrected chi connectivity index (χ3v) is 3.75. The van der Waals surface area contributed by atoms with Gasteiger partial charge in [0.05, 0.1) is 17.2 Å². The smallest absolute Gasteiger partial charge is 0.132 e. The number of hydrogen-bond donors (Lipinski definition) is 1. The molecule has 6 heteroatoms. The normalized spacial score (nSPS) is 10.9. The lowest BCUT2D eigenvalue weighted by molar-refractivity contribution is 0.768. The average Bonchev–Trinajstić information content (AvgIpc) is 3.01. The number of fused-ring (bicyclic) bond motifs is 1. The highest BCUT2D eigenvalue weighted by Gasteiger charge is 2.05. The van der Waals surface area contributed by atoms with Crippen molar-refractivity contribution in [3.63, 3.8) is 0 Å².